The maximum Gasteiger partial charge on any atom is 0.164 e. The number of benzene rings is 9. The first-order valence-corrected chi connectivity index (χ1v) is 19.9. The highest BCUT2D eigenvalue weighted by Gasteiger charge is 2.23. The minimum absolute atomic E-state index is 0.595. The van der Waals surface area contributed by atoms with E-state index in [4.69, 9.17) is 19.4 Å². The standard InChI is InChI=1S/C55H33N3O/c1-3-11-34(12-4-1)35-23-27-39(28-24-35)54-56-53(38-13-5-2-6-14-38)57-55(58-54)47-19-10-20-50-52(47)48-33-40(29-32-49(48)59-50)36-21-25-37(26-22-36)41-30-31-46-43-16-8-7-15-42(43)45-18-9-17-44(41)51(45)46/h1-33H. The molecule has 2 aromatic heterocycles. The zero-order valence-corrected chi connectivity index (χ0v) is 31.8. The van der Waals surface area contributed by atoms with Crippen LogP contribution in [0.2, 0.25) is 0 Å². The lowest BCUT2D eigenvalue weighted by Gasteiger charge is -2.11. The third-order valence-electron chi connectivity index (χ3n) is 11.7. The molecule has 1 aliphatic rings. The lowest BCUT2D eigenvalue weighted by atomic mass is 9.93. The van der Waals surface area contributed by atoms with Gasteiger partial charge in [-0.25, -0.2) is 15.0 Å². The summed E-state index contributed by atoms with van der Waals surface area (Å²) >= 11 is 0. The van der Waals surface area contributed by atoms with Crippen LogP contribution in [0.3, 0.4) is 0 Å². The van der Waals surface area contributed by atoms with E-state index in [1.165, 1.54) is 44.2 Å². The van der Waals surface area contributed by atoms with Crippen molar-refractivity contribution in [1.29, 1.82) is 0 Å². The molecule has 0 radical (unpaired) electrons. The Morgan fingerprint density at radius 3 is 1.47 bits per heavy atom. The van der Waals surface area contributed by atoms with Gasteiger partial charge in [-0.2, -0.15) is 0 Å². The van der Waals surface area contributed by atoms with E-state index < -0.39 is 0 Å². The molecule has 0 atom stereocenters. The van der Waals surface area contributed by atoms with Gasteiger partial charge in [0, 0.05) is 27.5 Å². The second-order valence-electron chi connectivity index (χ2n) is 15.1. The number of hydrogen-bond donors (Lipinski definition) is 0. The van der Waals surface area contributed by atoms with Gasteiger partial charge in [-0.1, -0.05) is 182 Å². The summed E-state index contributed by atoms with van der Waals surface area (Å²) < 4.78 is 6.48. The monoisotopic (exact) mass is 751 g/mol. The molecule has 274 valence electrons. The summed E-state index contributed by atoms with van der Waals surface area (Å²) in [6.07, 6.45) is 0. The van der Waals surface area contributed by atoms with Crippen LogP contribution in [-0.4, -0.2) is 15.0 Å². The van der Waals surface area contributed by atoms with E-state index in [0.29, 0.717) is 17.5 Å². The van der Waals surface area contributed by atoms with Crippen LogP contribution in [0.25, 0.3) is 123 Å². The quantitative estimate of drug-likeness (QED) is 0.170. The highest BCUT2D eigenvalue weighted by Crippen LogP contribution is 2.49. The Balaban J connectivity index is 0.947. The fourth-order valence-corrected chi connectivity index (χ4v) is 8.88. The number of fused-ring (bicyclic) bond motifs is 6. The van der Waals surface area contributed by atoms with E-state index in [-0.39, 0.29) is 0 Å². The molecule has 9 aromatic carbocycles. The zero-order chi connectivity index (χ0) is 38.9. The molecule has 0 bridgehead atoms. The van der Waals surface area contributed by atoms with Crippen LogP contribution in [0.4, 0.5) is 0 Å². The lowest BCUT2D eigenvalue weighted by Crippen LogP contribution is -2.00. The second-order valence-corrected chi connectivity index (χ2v) is 15.1. The predicted molar refractivity (Wildman–Crippen MR) is 242 cm³/mol. The maximum absolute atomic E-state index is 6.48. The van der Waals surface area contributed by atoms with Crippen LogP contribution in [0, 0.1) is 0 Å². The Hall–Kier alpha value is -7.95. The highest BCUT2D eigenvalue weighted by molar-refractivity contribution is 6.18. The van der Waals surface area contributed by atoms with Crippen molar-refractivity contribution in [3.63, 3.8) is 0 Å². The molecule has 0 spiro atoms. The molecule has 11 aromatic rings. The molecule has 0 unspecified atom stereocenters. The molecule has 0 amide bonds. The van der Waals surface area contributed by atoms with Gasteiger partial charge in [-0.3, -0.25) is 0 Å². The van der Waals surface area contributed by atoms with Crippen molar-refractivity contribution < 1.29 is 4.42 Å². The molecule has 1 aliphatic carbocycles. The molecule has 0 fully saturated rings. The van der Waals surface area contributed by atoms with Crippen molar-refractivity contribution in [2.45, 2.75) is 0 Å². The van der Waals surface area contributed by atoms with Gasteiger partial charge in [0.2, 0.25) is 0 Å². The van der Waals surface area contributed by atoms with Crippen molar-refractivity contribution in [2.75, 3.05) is 0 Å². The van der Waals surface area contributed by atoms with Crippen LogP contribution in [0.1, 0.15) is 0 Å². The van der Waals surface area contributed by atoms with E-state index in [1.54, 1.807) is 0 Å². The number of furan rings is 1. The van der Waals surface area contributed by atoms with Gasteiger partial charge in [0.05, 0.1) is 0 Å². The van der Waals surface area contributed by atoms with Gasteiger partial charge >= 0.3 is 0 Å². The van der Waals surface area contributed by atoms with Crippen molar-refractivity contribution in [1.82, 2.24) is 15.0 Å². The number of aromatic nitrogens is 3. The summed E-state index contributed by atoms with van der Waals surface area (Å²) in [5, 5.41) is 4.61. The minimum atomic E-state index is 0.595. The normalized spacial score (nSPS) is 11.7. The zero-order valence-electron chi connectivity index (χ0n) is 31.8. The first-order chi connectivity index (χ1) is 29.2. The Morgan fingerprint density at radius 2 is 0.746 bits per heavy atom. The van der Waals surface area contributed by atoms with Gasteiger partial charge in [-0.15, -0.1) is 0 Å². The maximum atomic E-state index is 6.48. The Labute approximate surface area is 340 Å². The molecule has 4 nitrogen and oxygen atoms in total. The van der Waals surface area contributed by atoms with Crippen molar-refractivity contribution in [2.24, 2.45) is 0 Å². The largest absolute Gasteiger partial charge is 0.456 e. The summed E-state index contributed by atoms with van der Waals surface area (Å²) in [4.78, 5) is 15.3. The van der Waals surface area contributed by atoms with Crippen molar-refractivity contribution in [3.8, 4) is 89.8 Å². The van der Waals surface area contributed by atoms with Crippen LogP contribution >= 0.6 is 0 Å². The van der Waals surface area contributed by atoms with Crippen molar-refractivity contribution >= 4 is 32.7 Å². The topological polar surface area (TPSA) is 51.8 Å². The molecular formula is C55H33N3O. The summed E-state index contributed by atoms with van der Waals surface area (Å²) in [5.41, 5.74) is 16.6. The van der Waals surface area contributed by atoms with E-state index in [1.807, 2.05) is 48.5 Å². The predicted octanol–water partition coefficient (Wildman–Crippen LogP) is 14.6. The third-order valence-corrected chi connectivity index (χ3v) is 11.7. The molecule has 0 saturated heterocycles. The second kappa shape index (κ2) is 13.3. The van der Waals surface area contributed by atoms with Gasteiger partial charge in [0.1, 0.15) is 11.2 Å². The van der Waals surface area contributed by atoms with Crippen LogP contribution in [-0.2, 0) is 0 Å². The average molecular weight is 752 g/mol. The molecule has 2 heterocycles. The minimum Gasteiger partial charge on any atom is -0.456 e. The van der Waals surface area contributed by atoms with Crippen LogP contribution in [0.5, 0.6) is 0 Å². The van der Waals surface area contributed by atoms with E-state index in [0.717, 1.165) is 60.9 Å². The SMILES string of the molecule is c1ccc(-c2ccc(-c3nc(-c4ccccc4)nc(-c4cccc5oc6ccc(-c7ccc(-c8ccc9c%10c(cccc8%10)-c8ccccc8-9)cc7)cc6c45)n3)cc2)cc1. The molecule has 12 rings (SSSR count). The fourth-order valence-electron chi connectivity index (χ4n) is 8.88. The molecule has 4 heteroatoms. The molecule has 59 heavy (non-hydrogen) atoms. The molecular weight excluding hydrogens is 719 g/mol. The Morgan fingerprint density at radius 1 is 0.254 bits per heavy atom. The van der Waals surface area contributed by atoms with Crippen LogP contribution < -0.4 is 0 Å². The van der Waals surface area contributed by atoms with Gasteiger partial charge in [0.25, 0.3) is 0 Å². The summed E-state index contributed by atoms with van der Waals surface area (Å²) in [6, 6.07) is 70.4. The number of rotatable bonds is 6. The molecule has 0 N–H and O–H groups in total. The summed E-state index contributed by atoms with van der Waals surface area (Å²) in [5.74, 6) is 1.83. The smallest absolute Gasteiger partial charge is 0.164 e. The highest BCUT2D eigenvalue weighted by atomic mass is 16.3. The third kappa shape index (κ3) is 5.49. The Bertz CT molecular complexity index is 3380. The van der Waals surface area contributed by atoms with Gasteiger partial charge < -0.3 is 4.42 Å². The average Bonchev–Trinajstić information content (AvgIpc) is 3.86. The fraction of sp³-hybridized carbons (Fsp3) is 0. The van der Waals surface area contributed by atoms with Crippen molar-refractivity contribution in [3.05, 3.63) is 200 Å². The summed E-state index contributed by atoms with van der Waals surface area (Å²) in [6.45, 7) is 0. The number of hydrogen-bond acceptors (Lipinski definition) is 4. The van der Waals surface area contributed by atoms with Gasteiger partial charge in [-0.05, 0) is 84.6 Å². The lowest BCUT2D eigenvalue weighted by molar-refractivity contribution is 0.669. The van der Waals surface area contributed by atoms with Crippen LogP contribution in [0.15, 0.2) is 205 Å². The molecule has 0 saturated carbocycles. The van der Waals surface area contributed by atoms with Gasteiger partial charge in [0.15, 0.2) is 17.5 Å². The van der Waals surface area contributed by atoms with E-state index in [9.17, 15) is 0 Å². The number of nitrogens with zero attached hydrogens (tertiary/aromatic N) is 3. The molecule has 0 aliphatic heterocycles. The first-order valence-electron chi connectivity index (χ1n) is 19.9. The van der Waals surface area contributed by atoms with E-state index in [2.05, 4.69) is 152 Å². The summed E-state index contributed by atoms with van der Waals surface area (Å²) in [7, 11) is 0. The Kier molecular flexibility index (Phi) is 7.50. The first kappa shape index (κ1) is 33.2. The van der Waals surface area contributed by atoms with E-state index >= 15 is 0 Å².